The Bertz CT molecular complexity index is 585. The molecule has 21 heavy (non-hydrogen) atoms. The Kier molecular flexibility index (Phi) is 3.81. The molecule has 0 unspecified atom stereocenters. The number of carbonyl (C=O) groups excluding carboxylic acids is 1. The highest BCUT2D eigenvalue weighted by Crippen LogP contribution is 2.27. The molecular weight excluding hydrogens is 268 g/mol. The van der Waals surface area contributed by atoms with Gasteiger partial charge >= 0.3 is 6.03 Å². The first-order chi connectivity index (χ1) is 10.2. The fourth-order valence-corrected chi connectivity index (χ4v) is 2.41. The standard InChI is InChI=1S/C16H18N2O3/c1-18(11-13-6-4-8-20-13)16(19)17-10-14-9-12-5-2-3-7-15(12)21-14/h2-8,14H,9-11H2,1H3,(H,17,19)/t14-/m1/s1. The molecule has 1 atom stereocenters. The number of urea groups is 1. The summed E-state index contributed by atoms with van der Waals surface area (Å²) in [6.07, 6.45) is 2.44. The molecule has 5 nitrogen and oxygen atoms in total. The van der Waals surface area contributed by atoms with E-state index in [9.17, 15) is 4.79 Å². The van der Waals surface area contributed by atoms with Gasteiger partial charge < -0.3 is 19.4 Å². The molecule has 0 bridgehead atoms. The van der Waals surface area contributed by atoms with Gasteiger partial charge in [0.1, 0.15) is 17.6 Å². The number of hydrogen-bond acceptors (Lipinski definition) is 3. The van der Waals surface area contributed by atoms with Gasteiger partial charge in [0, 0.05) is 13.5 Å². The van der Waals surface area contributed by atoms with E-state index in [2.05, 4.69) is 11.4 Å². The van der Waals surface area contributed by atoms with Crippen LogP contribution in [-0.4, -0.2) is 30.6 Å². The van der Waals surface area contributed by atoms with Gasteiger partial charge in [-0.2, -0.15) is 0 Å². The van der Waals surface area contributed by atoms with E-state index in [1.165, 1.54) is 5.56 Å². The minimum absolute atomic E-state index is 0.00311. The van der Waals surface area contributed by atoms with E-state index in [-0.39, 0.29) is 12.1 Å². The topological polar surface area (TPSA) is 54.7 Å². The molecule has 0 saturated carbocycles. The number of furan rings is 1. The number of ether oxygens (including phenoxy) is 1. The minimum Gasteiger partial charge on any atom is -0.488 e. The van der Waals surface area contributed by atoms with Gasteiger partial charge in [-0.25, -0.2) is 4.79 Å². The molecule has 3 rings (SSSR count). The molecule has 2 heterocycles. The molecule has 1 aliphatic rings. The van der Waals surface area contributed by atoms with Crippen LogP contribution in [0.1, 0.15) is 11.3 Å². The van der Waals surface area contributed by atoms with Gasteiger partial charge in [-0.1, -0.05) is 18.2 Å². The zero-order valence-corrected chi connectivity index (χ0v) is 11.9. The van der Waals surface area contributed by atoms with Crippen molar-refractivity contribution in [1.82, 2.24) is 10.2 Å². The molecule has 1 aromatic carbocycles. The highest BCUT2D eigenvalue weighted by atomic mass is 16.5. The fourth-order valence-electron chi connectivity index (χ4n) is 2.41. The predicted octanol–water partition coefficient (Wildman–Crippen LogP) is 2.42. The van der Waals surface area contributed by atoms with Crippen LogP contribution in [0.4, 0.5) is 4.79 Å². The Balaban J connectivity index is 1.46. The molecule has 2 aromatic rings. The van der Waals surface area contributed by atoms with E-state index in [0.29, 0.717) is 13.1 Å². The summed E-state index contributed by atoms with van der Waals surface area (Å²) in [5.74, 6) is 1.68. The first-order valence-corrected chi connectivity index (χ1v) is 6.98. The Hall–Kier alpha value is -2.43. The number of nitrogens with one attached hydrogen (secondary N) is 1. The number of carbonyl (C=O) groups is 1. The largest absolute Gasteiger partial charge is 0.488 e. The lowest BCUT2D eigenvalue weighted by molar-refractivity contribution is 0.188. The normalized spacial score (nSPS) is 16.1. The van der Waals surface area contributed by atoms with Gasteiger partial charge in [0.25, 0.3) is 0 Å². The van der Waals surface area contributed by atoms with Gasteiger partial charge in [-0.15, -0.1) is 0 Å². The van der Waals surface area contributed by atoms with E-state index in [4.69, 9.17) is 9.15 Å². The molecule has 1 N–H and O–H groups in total. The average Bonchev–Trinajstić information content (AvgIpc) is 3.13. The third kappa shape index (κ3) is 3.18. The summed E-state index contributed by atoms with van der Waals surface area (Å²) in [6, 6.07) is 11.5. The van der Waals surface area contributed by atoms with Crippen LogP contribution in [0.15, 0.2) is 47.1 Å². The van der Waals surface area contributed by atoms with Gasteiger partial charge in [-0.3, -0.25) is 0 Å². The maximum Gasteiger partial charge on any atom is 0.317 e. The average molecular weight is 286 g/mol. The summed E-state index contributed by atoms with van der Waals surface area (Å²) in [7, 11) is 1.74. The third-order valence-corrected chi connectivity index (χ3v) is 3.51. The number of hydrogen-bond donors (Lipinski definition) is 1. The fraction of sp³-hybridized carbons (Fsp3) is 0.312. The summed E-state index contributed by atoms with van der Waals surface area (Å²) >= 11 is 0. The van der Waals surface area contributed by atoms with E-state index in [0.717, 1.165) is 17.9 Å². The number of rotatable bonds is 4. The molecule has 0 aliphatic carbocycles. The molecule has 2 amide bonds. The zero-order valence-electron chi connectivity index (χ0n) is 11.9. The van der Waals surface area contributed by atoms with Crippen molar-refractivity contribution in [3.05, 3.63) is 54.0 Å². The lowest BCUT2D eigenvalue weighted by Crippen LogP contribution is -2.41. The quantitative estimate of drug-likeness (QED) is 0.939. The monoisotopic (exact) mass is 286 g/mol. The van der Waals surface area contributed by atoms with E-state index >= 15 is 0 Å². The Morgan fingerprint density at radius 2 is 2.19 bits per heavy atom. The van der Waals surface area contributed by atoms with Gasteiger partial charge in [0.2, 0.25) is 0 Å². The highest BCUT2D eigenvalue weighted by Gasteiger charge is 2.23. The second-order valence-electron chi connectivity index (χ2n) is 5.17. The minimum atomic E-state index is -0.133. The van der Waals surface area contributed by atoms with E-state index in [1.54, 1.807) is 18.2 Å². The lowest BCUT2D eigenvalue weighted by Gasteiger charge is -2.18. The van der Waals surface area contributed by atoms with Crippen molar-refractivity contribution in [2.24, 2.45) is 0 Å². The van der Waals surface area contributed by atoms with E-state index < -0.39 is 0 Å². The molecule has 110 valence electrons. The van der Waals surface area contributed by atoms with Crippen LogP contribution in [0.5, 0.6) is 5.75 Å². The second kappa shape index (κ2) is 5.91. The van der Waals surface area contributed by atoms with E-state index in [1.807, 2.05) is 30.3 Å². The summed E-state index contributed by atoms with van der Waals surface area (Å²) in [6.45, 7) is 0.945. The van der Waals surface area contributed by atoms with Crippen molar-refractivity contribution in [3.8, 4) is 5.75 Å². The van der Waals surface area contributed by atoms with Crippen molar-refractivity contribution in [3.63, 3.8) is 0 Å². The predicted molar refractivity (Wildman–Crippen MR) is 78.1 cm³/mol. The lowest BCUT2D eigenvalue weighted by atomic mass is 10.1. The smallest absolute Gasteiger partial charge is 0.317 e. The number of amides is 2. The van der Waals surface area contributed by atoms with Crippen LogP contribution < -0.4 is 10.1 Å². The Morgan fingerprint density at radius 1 is 1.33 bits per heavy atom. The first kappa shape index (κ1) is 13.5. The van der Waals surface area contributed by atoms with Gasteiger partial charge in [0.05, 0.1) is 19.4 Å². The molecule has 0 spiro atoms. The van der Waals surface area contributed by atoms with Crippen LogP contribution in [-0.2, 0) is 13.0 Å². The molecule has 5 heteroatoms. The highest BCUT2D eigenvalue weighted by molar-refractivity contribution is 5.73. The van der Waals surface area contributed by atoms with Crippen LogP contribution in [0, 0.1) is 0 Å². The molecule has 0 fully saturated rings. The number of fused-ring (bicyclic) bond motifs is 1. The van der Waals surface area contributed by atoms with Crippen LogP contribution in [0.25, 0.3) is 0 Å². The number of nitrogens with zero attached hydrogens (tertiary/aromatic N) is 1. The van der Waals surface area contributed by atoms with Crippen molar-refractivity contribution in [2.45, 2.75) is 19.1 Å². The first-order valence-electron chi connectivity index (χ1n) is 6.98. The summed E-state index contributed by atoms with van der Waals surface area (Å²) < 4.78 is 11.0. The van der Waals surface area contributed by atoms with Crippen LogP contribution >= 0.6 is 0 Å². The molecular formula is C16H18N2O3. The Morgan fingerprint density at radius 3 is 2.95 bits per heavy atom. The van der Waals surface area contributed by atoms with Crippen LogP contribution in [0.3, 0.4) is 0 Å². The molecule has 1 aliphatic heterocycles. The summed E-state index contributed by atoms with van der Waals surface area (Å²) in [4.78, 5) is 13.6. The van der Waals surface area contributed by atoms with Crippen molar-refractivity contribution in [2.75, 3.05) is 13.6 Å². The van der Waals surface area contributed by atoms with Crippen molar-refractivity contribution >= 4 is 6.03 Å². The molecule has 1 aromatic heterocycles. The number of para-hydroxylation sites is 1. The number of benzene rings is 1. The molecule has 0 saturated heterocycles. The van der Waals surface area contributed by atoms with Crippen molar-refractivity contribution < 1.29 is 13.9 Å². The third-order valence-electron chi connectivity index (χ3n) is 3.51. The maximum absolute atomic E-state index is 12.0. The second-order valence-corrected chi connectivity index (χ2v) is 5.17. The Labute approximate surface area is 123 Å². The van der Waals surface area contributed by atoms with Gasteiger partial charge in [0.15, 0.2) is 0 Å². The maximum atomic E-state index is 12.0. The van der Waals surface area contributed by atoms with Gasteiger partial charge in [-0.05, 0) is 23.8 Å². The summed E-state index contributed by atoms with van der Waals surface area (Å²) in [5, 5.41) is 2.89. The summed E-state index contributed by atoms with van der Waals surface area (Å²) in [5.41, 5.74) is 1.20. The van der Waals surface area contributed by atoms with Crippen LogP contribution in [0.2, 0.25) is 0 Å². The SMILES string of the molecule is CN(Cc1ccco1)C(=O)NC[C@H]1Cc2ccccc2O1. The van der Waals surface area contributed by atoms with Crippen molar-refractivity contribution in [1.29, 1.82) is 0 Å². The zero-order chi connectivity index (χ0) is 14.7. The molecule has 0 radical (unpaired) electrons.